The van der Waals surface area contributed by atoms with Crippen LogP contribution in [-0.2, 0) is 23.6 Å². The Morgan fingerprint density at radius 3 is 2.89 bits per heavy atom. The Balaban J connectivity index is 2.18. The first-order valence-electron chi connectivity index (χ1n) is 5.15. The van der Waals surface area contributed by atoms with Crippen molar-refractivity contribution < 1.29 is 18.3 Å². The highest BCUT2D eigenvalue weighted by molar-refractivity contribution is 7.89. The molecule has 0 aromatic carbocycles. The van der Waals surface area contributed by atoms with Gasteiger partial charge >= 0.3 is 5.97 Å². The molecule has 0 unspecified atom stereocenters. The molecule has 0 saturated carbocycles. The third-order valence-electron chi connectivity index (χ3n) is 2.32. The maximum Gasteiger partial charge on any atom is 0.340 e. The summed E-state index contributed by atoms with van der Waals surface area (Å²) in [6.07, 6.45) is 2.61. The zero-order valence-corrected chi connectivity index (χ0v) is 10.7. The fraction of sp³-hybridized carbons (Fsp3) is 0.222. The van der Waals surface area contributed by atoms with E-state index in [1.165, 1.54) is 4.68 Å². The van der Waals surface area contributed by atoms with Crippen LogP contribution in [0.25, 0.3) is 0 Å². The molecule has 0 fully saturated rings. The molecule has 10 heteroatoms. The number of nitrogens with one attached hydrogen (secondary N) is 2. The molecule has 0 radical (unpaired) electrons. The summed E-state index contributed by atoms with van der Waals surface area (Å²) in [6.45, 7) is -0.0404. The van der Waals surface area contributed by atoms with Crippen molar-refractivity contribution in [3.8, 4) is 0 Å². The molecule has 0 aliphatic heterocycles. The van der Waals surface area contributed by atoms with Gasteiger partial charge < -0.3 is 5.11 Å². The van der Waals surface area contributed by atoms with E-state index >= 15 is 0 Å². The molecule has 0 amide bonds. The Hall–Kier alpha value is -2.20. The van der Waals surface area contributed by atoms with Gasteiger partial charge in [-0.05, 0) is 6.07 Å². The van der Waals surface area contributed by atoms with E-state index in [2.05, 4.69) is 20.0 Å². The lowest BCUT2D eigenvalue weighted by molar-refractivity contribution is 0.0692. The van der Waals surface area contributed by atoms with Crippen molar-refractivity contribution in [3.05, 3.63) is 29.7 Å². The number of hydrogen-bond acceptors (Lipinski definition) is 5. The maximum absolute atomic E-state index is 11.9. The van der Waals surface area contributed by atoms with Crippen LogP contribution < -0.4 is 4.72 Å². The lowest BCUT2D eigenvalue weighted by Gasteiger charge is -2.03. The van der Waals surface area contributed by atoms with Crippen LogP contribution in [0.2, 0.25) is 0 Å². The molecule has 2 aromatic rings. The number of aromatic amines is 1. The number of H-pyrrole nitrogens is 1. The number of aromatic carboxylic acids is 1. The van der Waals surface area contributed by atoms with E-state index in [1.807, 2.05) is 0 Å². The Morgan fingerprint density at radius 2 is 2.32 bits per heavy atom. The van der Waals surface area contributed by atoms with E-state index in [1.54, 1.807) is 19.3 Å². The van der Waals surface area contributed by atoms with E-state index in [0.717, 1.165) is 6.20 Å². The predicted molar refractivity (Wildman–Crippen MR) is 62.8 cm³/mol. The highest BCUT2D eigenvalue weighted by Gasteiger charge is 2.24. The van der Waals surface area contributed by atoms with Crippen LogP contribution >= 0.6 is 0 Å². The van der Waals surface area contributed by atoms with Crippen molar-refractivity contribution in [2.24, 2.45) is 7.05 Å². The summed E-state index contributed by atoms with van der Waals surface area (Å²) in [6, 6.07) is 1.65. The minimum absolute atomic E-state index is 0.0404. The quantitative estimate of drug-likeness (QED) is 0.667. The number of carboxylic acids is 1. The van der Waals surface area contributed by atoms with Crippen molar-refractivity contribution in [3.63, 3.8) is 0 Å². The van der Waals surface area contributed by atoms with Crippen LogP contribution in [0.5, 0.6) is 0 Å². The summed E-state index contributed by atoms with van der Waals surface area (Å²) < 4.78 is 27.6. The lowest BCUT2D eigenvalue weighted by Crippen LogP contribution is -2.25. The van der Waals surface area contributed by atoms with E-state index in [4.69, 9.17) is 5.11 Å². The van der Waals surface area contributed by atoms with Crippen LogP contribution in [0.1, 0.15) is 16.1 Å². The molecule has 0 aliphatic carbocycles. The van der Waals surface area contributed by atoms with Gasteiger partial charge in [-0.25, -0.2) is 17.9 Å². The van der Waals surface area contributed by atoms with Gasteiger partial charge in [-0.15, -0.1) is 0 Å². The molecular weight excluding hydrogens is 274 g/mol. The first kappa shape index (κ1) is 13.2. The summed E-state index contributed by atoms with van der Waals surface area (Å²) in [5.74, 6) is -1.37. The molecule has 2 rings (SSSR count). The van der Waals surface area contributed by atoms with Crippen molar-refractivity contribution in [2.45, 2.75) is 11.6 Å². The van der Waals surface area contributed by atoms with Crippen molar-refractivity contribution in [1.29, 1.82) is 0 Å². The monoisotopic (exact) mass is 285 g/mol. The van der Waals surface area contributed by atoms with Gasteiger partial charge in [-0.2, -0.15) is 10.2 Å². The highest BCUT2D eigenvalue weighted by Crippen LogP contribution is 2.11. The number of hydrogen-bond donors (Lipinski definition) is 3. The second kappa shape index (κ2) is 4.82. The van der Waals surface area contributed by atoms with Crippen LogP contribution in [0.3, 0.4) is 0 Å². The normalized spacial score (nSPS) is 11.6. The number of rotatable bonds is 5. The Bertz CT molecular complexity index is 702. The zero-order valence-electron chi connectivity index (χ0n) is 9.86. The van der Waals surface area contributed by atoms with Gasteiger partial charge in [0.15, 0.2) is 5.03 Å². The second-order valence-corrected chi connectivity index (χ2v) is 5.43. The molecule has 0 saturated heterocycles. The number of carbonyl (C=O) groups is 1. The number of carboxylic acid groups (broad SMARTS) is 1. The smallest absolute Gasteiger partial charge is 0.340 e. The molecule has 102 valence electrons. The Morgan fingerprint density at radius 1 is 1.58 bits per heavy atom. The van der Waals surface area contributed by atoms with E-state index in [9.17, 15) is 13.2 Å². The summed E-state index contributed by atoms with van der Waals surface area (Å²) in [5, 5.41) is 17.9. The summed E-state index contributed by atoms with van der Waals surface area (Å²) in [4.78, 5) is 10.8. The fourth-order valence-electron chi connectivity index (χ4n) is 1.43. The molecule has 19 heavy (non-hydrogen) atoms. The van der Waals surface area contributed by atoms with Gasteiger partial charge in [-0.1, -0.05) is 0 Å². The third-order valence-corrected chi connectivity index (χ3v) is 3.69. The van der Waals surface area contributed by atoms with Crippen LogP contribution in [-0.4, -0.2) is 39.5 Å². The van der Waals surface area contributed by atoms with Crippen molar-refractivity contribution in [2.75, 3.05) is 0 Å². The van der Waals surface area contributed by atoms with Gasteiger partial charge in [0.05, 0.1) is 18.4 Å². The molecule has 3 N–H and O–H groups in total. The zero-order chi connectivity index (χ0) is 14.0. The maximum atomic E-state index is 11.9. The largest absolute Gasteiger partial charge is 0.478 e. The summed E-state index contributed by atoms with van der Waals surface area (Å²) in [7, 11) is -2.28. The van der Waals surface area contributed by atoms with E-state index in [-0.39, 0.29) is 6.54 Å². The molecule has 2 heterocycles. The SMILES string of the molecule is Cn1ccc(CNS(=O)(=O)c2[nH]ncc2C(=O)O)n1. The number of aromatic nitrogens is 4. The molecule has 0 atom stereocenters. The van der Waals surface area contributed by atoms with E-state index in [0.29, 0.717) is 5.69 Å². The van der Waals surface area contributed by atoms with Gasteiger partial charge in [0.2, 0.25) is 0 Å². The molecule has 2 aromatic heterocycles. The number of aryl methyl sites for hydroxylation is 1. The molecule has 0 spiro atoms. The Labute approximate surface area is 108 Å². The van der Waals surface area contributed by atoms with Crippen LogP contribution in [0, 0.1) is 0 Å². The van der Waals surface area contributed by atoms with Gasteiger partial charge in [-0.3, -0.25) is 9.78 Å². The third kappa shape index (κ3) is 2.80. The Kier molecular flexibility index (Phi) is 3.36. The van der Waals surface area contributed by atoms with Crippen LogP contribution in [0.15, 0.2) is 23.5 Å². The average molecular weight is 285 g/mol. The van der Waals surface area contributed by atoms with E-state index < -0.39 is 26.6 Å². The van der Waals surface area contributed by atoms with Crippen molar-refractivity contribution >= 4 is 16.0 Å². The first-order valence-corrected chi connectivity index (χ1v) is 6.63. The number of nitrogens with zero attached hydrogens (tertiary/aromatic N) is 3. The minimum atomic E-state index is -3.98. The number of sulfonamides is 1. The summed E-state index contributed by atoms with van der Waals surface area (Å²) in [5.41, 5.74) is 0.107. The van der Waals surface area contributed by atoms with Crippen LogP contribution in [0.4, 0.5) is 0 Å². The minimum Gasteiger partial charge on any atom is -0.478 e. The van der Waals surface area contributed by atoms with Gasteiger partial charge in [0.1, 0.15) is 5.56 Å². The molecule has 9 nitrogen and oxygen atoms in total. The van der Waals surface area contributed by atoms with Crippen molar-refractivity contribution in [1.82, 2.24) is 24.7 Å². The average Bonchev–Trinajstić information content (AvgIpc) is 2.94. The molecular formula is C9H11N5O4S. The lowest BCUT2D eigenvalue weighted by atomic mass is 10.4. The fourth-order valence-corrected chi connectivity index (χ4v) is 2.51. The topological polar surface area (TPSA) is 130 Å². The summed E-state index contributed by atoms with van der Waals surface area (Å²) >= 11 is 0. The van der Waals surface area contributed by atoms with Gasteiger partial charge in [0.25, 0.3) is 10.0 Å². The highest BCUT2D eigenvalue weighted by atomic mass is 32.2. The standard InChI is InChI=1S/C9H11N5O4S/c1-14-3-2-6(13-14)4-11-19(17,18)8-7(9(15)16)5-10-12-8/h2-3,5,11H,4H2,1H3,(H,10,12)(H,15,16). The predicted octanol–water partition coefficient (Wildman–Crippen LogP) is -0.680. The first-order chi connectivity index (χ1) is 8.90. The molecule has 0 bridgehead atoms. The molecule has 0 aliphatic rings. The second-order valence-electron chi connectivity index (χ2n) is 3.72. The van der Waals surface area contributed by atoms with Gasteiger partial charge in [0, 0.05) is 13.2 Å².